The zero-order valence-electron chi connectivity index (χ0n) is 20.8. The van der Waals surface area contributed by atoms with Gasteiger partial charge in [0, 0.05) is 10.1 Å². The molecule has 4 aliphatic rings. The molecule has 0 N–H and O–H groups in total. The molecule has 8 rings (SSSR count). The van der Waals surface area contributed by atoms with Gasteiger partial charge in [-0.05, 0) is 111 Å². The Hall–Kier alpha value is -3.55. The van der Waals surface area contributed by atoms with Crippen LogP contribution < -0.4 is 0 Å². The van der Waals surface area contributed by atoms with Gasteiger partial charge in [-0.25, -0.2) is 0 Å². The van der Waals surface area contributed by atoms with Gasteiger partial charge < -0.3 is 0 Å². The van der Waals surface area contributed by atoms with Crippen LogP contribution >= 0.6 is 11.8 Å². The molecule has 1 heteroatoms. The summed E-state index contributed by atoms with van der Waals surface area (Å²) in [6.45, 7) is 0. The first kappa shape index (κ1) is 21.5. The summed E-state index contributed by atoms with van der Waals surface area (Å²) in [7, 11) is 0. The molecule has 0 nitrogen and oxygen atoms in total. The fraction of sp³-hybridized carbons (Fsp3) is 0.167. The molecule has 0 saturated carbocycles. The highest BCUT2D eigenvalue weighted by atomic mass is 32.2. The molecule has 1 atom stereocenters. The molecular formula is C36H28S. The minimum Gasteiger partial charge on any atom is -0.116 e. The summed E-state index contributed by atoms with van der Waals surface area (Å²) in [6.07, 6.45) is 22.1. The molecule has 0 saturated heterocycles. The van der Waals surface area contributed by atoms with Gasteiger partial charge in [0.25, 0.3) is 0 Å². The van der Waals surface area contributed by atoms with Crippen LogP contribution in [0.5, 0.6) is 0 Å². The first-order valence-corrected chi connectivity index (χ1v) is 14.5. The van der Waals surface area contributed by atoms with Gasteiger partial charge in [0.1, 0.15) is 0 Å². The summed E-state index contributed by atoms with van der Waals surface area (Å²) >= 11 is 2.04. The summed E-state index contributed by atoms with van der Waals surface area (Å²) in [5.74, 6) is 0. The van der Waals surface area contributed by atoms with Crippen molar-refractivity contribution in [2.75, 3.05) is 0 Å². The Morgan fingerprint density at radius 2 is 1.38 bits per heavy atom. The standard InChI is InChI=1S/C36H28S/c1-2-13-29-27(11-1)28-12-3-4-14-30(28)34-22-24(19-20-31(29)34)23-9-7-10-25(21-23)26-16-8-17-33-32-15-5-6-18-35(32)37-36(26)33/h2,4-10,13-17,19-22,35H,1,3,11-12,18H2. The van der Waals surface area contributed by atoms with E-state index in [1.165, 1.54) is 73.0 Å². The Labute approximate surface area is 223 Å². The third-order valence-corrected chi connectivity index (χ3v) is 9.91. The lowest BCUT2D eigenvalue weighted by Gasteiger charge is -2.24. The van der Waals surface area contributed by atoms with Gasteiger partial charge in [-0.1, -0.05) is 91.1 Å². The normalized spacial score (nSPS) is 18.8. The van der Waals surface area contributed by atoms with E-state index in [-0.39, 0.29) is 0 Å². The van der Waals surface area contributed by atoms with Gasteiger partial charge in [-0.3, -0.25) is 0 Å². The van der Waals surface area contributed by atoms with E-state index in [0.29, 0.717) is 5.25 Å². The molecule has 1 unspecified atom stereocenters. The summed E-state index contributed by atoms with van der Waals surface area (Å²) in [5, 5.41) is 3.36. The Morgan fingerprint density at radius 3 is 2.24 bits per heavy atom. The number of benzene rings is 4. The molecule has 0 fully saturated rings. The van der Waals surface area contributed by atoms with Crippen molar-refractivity contribution in [2.24, 2.45) is 0 Å². The average Bonchev–Trinajstić information content (AvgIpc) is 3.36. The van der Waals surface area contributed by atoms with Crippen molar-refractivity contribution in [3.63, 3.8) is 0 Å². The van der Waals surface area contributed by atoms with Gasteiger partial charge in [-0.2, -0.15) is 0 Å². The van der Waals surface area contributed by atoms with Crippen molar-refractivity contribution in [3.05, 3.63) is 119 Å². The first-order valence-electron chi connectivity index (χ1n) is 13.6. The lowest BCUT2D eigenvalue weighted by atomic mass is 9.80. The Kier molecular flexibility index (Phi) is 4.95. The zero-order chi connectivity index (χ0) is 24.3. The molecule has 0 aromatic heterocycles. The molecule has 37 heavy (non-hydrogen) atoms. The number of hydrogen-bond acceptors (Lipinski definition) is 1. The van der Waals surface area contributed by atoms with E-state index in [0.717, 1.165) is 19.3 Å². The quantitative estimate of drug-likeness (QED) is 0.268. The molecular weight excluding hydrogens is 464 g/mol. The lowest BCUT2D eigenvalue weighted by Crippen LogP contribution is -2.07. The van der Waals surface area contributed by atoms with Crippen molar-refractivity contribution in [2.45, 2.75) is 42.2 Å². The molecule has 4 aromatic carbocycles. The molecule has 0 amide bonds. The van der Waals surface area contributed by atoms with E-state index >= 15 is 0 Å². The fourth-order valence-corrected chi connectivity index (χ4v) is 8.20. The van der Waals surface area contributed by atoms with Gasteiger partial charge >= 0.3 is 0 Å². The van der Waals surface area contributed by atoms with E-state index in [1.807, 2.05) is 11.8 Å². The van der Waals surface area contributed by atoms with Crippen molar-refractivity contribution >= 4 is 40.3 Å². The predicted octanol–water partition coefficient (Wildman–Crippen LogP) is 9.91. The minimum absolute atomic E-state index is 0.559. The van der Waals surface area contributed by atoms with Gasteiger partial charge in [-0.15, -0.1) is 11.8 Å². The van der Waals surface area contributed by atoms with E-state index in [9.17, 15) is 0 Å². The zero-order valence-corrected chi connectivity index (χ0v) is 21.7. The minimum atomic E-state index is 0.559. The van der Waals surface area contributed by atoms with Crippen LogP contribution in [0.25, 0.3) is 50.8 Å². The third kappa shape index (κ3) is 3.37. The third-order valence-electron chi connectivity index (χ3n) is 8.51. The Bertz CT molecular complexity index is 1730. The monoisotopic (exact) mass is 492 g/mol. The van der Waals surface area contributed by atoms with Crippen molar-refractivity contribution in [3.8, 4) is 22.3 Å². The van der Waals surface area contributed by atoms with Gasteiger partial charge in [0.05, 0.1) is 0 Å². The van der Waals surface area contributed by atoms with Crippen LogP contribution in [0.4, 0.5) is 0 Å². The van der Waals surface area contributed by atoms with Crippen LogP contribution in [-0.4, -0.2) is 5.25 Å². The van der Waals surface area contributed by atoms with Gasteiger partial charge in [0.2, 0.25) is 0 Å². The highest BCUT2D eigenvalue weighted by Crippen LogP contribution is 2.51. The molecule has 0 bridgehead atoms. The topological polar surface area (TPSA) is 0 Å². The largest absolute Gasteiger partial charge is 0.116 e. The smallest absolute Gasteiger partial charge is 0.0385 e. The summed E-state index contributed by atoms with van der Waals surface area (Å²) in [4.78, 5) is 1.44. The van der Waals surface area contributed by atoms with Crippen LogP contribution in [0.2, 0.25) is 0 Å². The number of allylic oxidation sites excluding steroid dienone is 5. The van der Waals surface area contributed by atoms with Crippen LogP contribution in [0.3, 0.4) is 0 Å². The number of rotatable bonds is 2. The first-order chi connectivity index (χ1) is 18.3. The lowest BCUT2D eigenvalue weighted by molar-refractivity contribution is 0.911. The highest BCUT2D eigenvalue weighted by Gasteiger charge is 2.30. The molecule has 178 valence electrons. The maximum Gasteiger partial charge on any atom is 0.0385 e. The molecule has 1 aliphatic heterocycles. The average molecular weight is 493 g/mol. The Balaban J connectivity index is 1.26. The van der Waals surface area contributed by atoms with E-state index < -0.39 is 0 Å². The second-order valence-corrected chi connectivity index (χ2v) is 11.8. The van der Waals surface area contributed by atoms with E-state index in [2.05, 4.69) is 103 Å². The van der Waals surface area contributed by atoms with Gasteiger partial charge in [0.15, 0.2) is 0 Å². The maximum absolute atomic E-state index is 2.45. The molecule has 4 aromatic rings. The Morgan fingerprint density at radius 1 is 0.649 bits per heavy atom. The molecule has 0 radical (unpaired) electrons. The van der Waals surface area contributed by atoms with Crippen LogP contribution in [0.1, 0.15) is 47.1 Å². The van der Waals surface area contributed by atoms with Crippen LogP contribution in [-0.2, 0) is 12.8 Å². The number of thioether (sulfide) groups is 1. The second kappa shape index (κ2) is 8.50. The van der Waals surface area contributed by atoms with Crippen LogP contribution in [0, 0.1) is 0 Å². The predicted molar refractivity (Wildman–Crippen MR) is 161 cm³/mol. The van der Waals surface area contributed by atoms with Crippen molar-refractivity contribution < 1.29 is 0 Å². The summed E-state index contributed by atoms with van der Waals surface area (Å²) in [5.41, 5.74) is 14.3. The SMILES string of the molecule is C1=CCC2Sc3c(cccc3-c3cccc(-c4ccc5c6c(c7c(c5c4)C=CCC7)CCC=C6)c3)C2=C1. The van der Waals surface area contributed by atoms with Crippen molar-refractivity contribution in [1.82, 2.24) is 0 Å². The molecule has 3 aliphatic carbocycles. The maximum atomic E-state index is 2.45. The van der Waals surface area contributed by atoms with E-state index in [4.69, 9.17) is 0 Å². The summed E-state index contributed by atoms with van der Waals surface area (Å²) in [6, 6.07) is 23.2. The number of hydrogen-bond donors (Lipinski definition) is 0. The van der Waals surface area contributed by atoms with E-state index in [1.54, 1.807) is 11.1 Å². The van der Waals surface area contributed by atoms with Crippen molar-refractivity contribution in [1.29, 1.82) is 0 Å². The fourth-order valence-electron chi connectivity index (χ4n) is 6.75. The van der Waals surface area contributed by atoms with Crippen LogP contribution in [0.15, 0.2) is 95.9 Å². The summed E-state index contributed by atoms with van der Waals surface area (Å²) < 4.78 is 0. The highest BCUT2D eigenvalue weighted by molar-refractivity contribution is 8.01. The molecule has 1 heterocycles. The second-order valence-electron chi connectivity index (χ2n) is 10.6. The molecule has 0 spiro atoms. The number of fused-ring (bicyclic) bond motifs is 9.